The van der Waals surface area contributed by atoms with Gasteiger partial charge in [-0.1, -0.05) is 27.7 Å². The van der Waals surface area contributed by atoms with Gasteiger partial charge >= 0.3 is 0 Å². The number of carbonyl (C=O) groups excluding carboxylic acids is 2. The van der Waals surface area contributed by atoms with E-state index >= 15 is 0 Å². The number of nitrogens with zero attached hydrogens (tertiary/aromatic N) is 1. The quantitative estimate of drug-likeness (QED) is 0.859. The van der Waals surface area contributed by atoms with Crippen molar-refractivity contribution in [2.24, 2.45) is 11.3 Å². The second-order valence-corrected chi connectivity index (χ2v) is 7.66. The van der Waals surface area contributed by atoms with E-state index in [-0.39, 0.29) is 23.3 Å². The van der Waals surface area contributed by atoms with E-state index in [2.05, 4.69) is 26.1 Å². The third-order valence-electron chi connectivity index (χ3n) is 4.76. The highest BCUT2D eigenvalue weighted by atomic mass is 16.2. The Bertz CT molecular complexity index is 409. The predicted octanol–water partition coefficient (Wildman–Crippen LogP) is 2.33. The molecule has 0 bridgehead atoms. The molecule has 0 aromatic rings. The van der Waals surface area contributed by atoms with Gasteiger partial charge in [-0.25, -0.2) is 0 Å². The first-order chi connectivity index (χ1) is 9.20. The molecule has 2 amide bonds. The second-order valence-electron chi connectivity index (χ2n) is 7.66. The molecule has 114 valence electrons. The molecule has 2 unspecified atom stereocenters. The molecule has 0 radical (unpaired) electrons. The molecule has 1 aliphatic carbocycles. The molecule has 0 spiro atoms. The Hall–Kier alpha value is -1.06. The lowest BCUT2D eigenvalue weighted by molar-refractivity contribution is -0.158. The monoisotopic (exact) mass is 280 g/mol. The minimum Gasteiger partial charge on any atom is -0.342 e. The molecule has 2 fully saturated rings. The fourth-order valence-electron chi connectivity index (χ4n) is 3.02. The lowest BCUT2D eigenvalue weighted by Crippen LogP contribution is -2.70. The van der Waals surface area contributed by atoms with E-state index in [1.165, 1.54) is 0 Å². The van der Waals surface area contributed by atoms with E-state index in [0.29, 0.717) is 18.9 Å². The Kier molecular flexibility index (Phi) is 3.87. The Balaban J connectivity index is 2.23. The Morgan fingerprint density at radius 1 is 1.30 bits per heavy atom. The Labute approximate surface area is 122 Å². The van der Waals surface area contributed by atoms with Gasteiger partial charge in [0, 0.05) is 6.54 Å². The highest BCUT2D eigenvalue weighted by Gasteiger charge is 2.56. The van der Waals surface area contributed by atoms with Crippen LogP contribution in [0.4, 0.5) is 0 Å². The number of hydrogen-bond donors (Lipinski definition) is 1. The van der Waals surface area contributed by atoms with Gasteiger partial charge in [0.05, 0.1) is 0 Å². The molecule has 4 nitrogen and oxygen atoms in total. The van der Waals surface area contributed by atoms with Crippen molar-refractivity contribution >= 4 is 11.8 Å². The molecule has 1 saturated carbocycles. The predicted molar refractivity (Wildman–Crippen MR) is 79.1 cm³/mol. The molecule has 2 rings (SSSR count). The fourth-order valence-corrected chi connectivity index (χ4v) is 3.02. The number of rotatable bonds is 4. The van der Waals surface area contributed by atoms with Crippen LogP contribution in [-0.2, 0) is 9.59 Å². The van der Waals surface area contributed by atoms with Crippen LogP contribution in [0.5, 0.6) is 0 Å². The normalized spacial score (nSPS) is 31.4. The fraction of sp³-hybridized carbons (Fsp3) is 0.875. The van der Waals surface area contributed by atoms with Crippen molar-refractivity contribution in [1.29, 1.82) is 0 Å². The molecule has 2 aliphatic rings. The van der Waals surface area contributed by atoms with Gasteiger partial charge in [-0.05, 0) is 43.9 Å². The summed E-state index contributed by atoms with van der Waals surface area (Å²) < 4.78 is 0. The molecule has 1 saturated heterocycles. The molecule has 0 aromatic carbocycles. The summed E-state index contributed by atoms with van der Waals surface area (Å²) in [6.45, 7) is 11.1. The van der Waals surface area contributed by atoms with Crippen LogP contribution >= 0.6 is 0 Å². The number of hydrogen-bond acceptors (Lipinski definition) is 2. The smallest absolute Gasteiger partial charge is 0.246 e. The lowest BCUT2D eigenvalue weighted by Gasteiger charge is -2.47. The van der Waals surface area contributed by atoms with Gasteiger partial charge < -0.3 is 10.2 Å². The van der Waals surface area contributed by atoms with Gasteiger partial charge in [0.2, 0.25) is 11.8 Å². The summed E-state index contributed by atoms with van der Waals surface area (Å²) in [6, 6.07) is -0.339. The molecule has 4 heteroatoms. The summed E-state index contributed by atoms with van der Waals surface area (Å²) in [4.78, 5) is 27.1. The largest absolute Gasteiger partial charge is 0.342 e. The van der Waals surface area contributed by atoms with Crippen LogP contribution in [0.2, 0.25) is 0 Å². The van der Waals surface area contributed by atoms with Crippen LogP contribution in [0, 0.1) is 11.3 Å². The maximum Gasteiger partial charge on any atom is 0.246 e. The molecule has 1 heterocycles. The zero-order valence-electron chi connectivity index (χ0n) is 13.5. The van der Waals surface area contributed by atoms with Crippen molar-refractivity contribution in [2.45, 2.75) is 71.9 Å². The first-order valence-corrected chi connectivity index (χ1v) is 7.82. The third kappa shape index (κ3) is 2.70. The first-order valence-electron chi connectivity index (χ1n) is 7.82. The van der Waals surface area contributed by atoms with Gasteiger partial charge in [0.1, 0.15) is 11.6 Å². The number of amides is 2. The average molecular weight is 280 g/mol. The first kappa shape index (κ1) is 15.3. The average Bonchev–Trinajstić information content (AvgIpc) is 3.16. The van der Waals surface area contributed by atoms with Crippen molar-refractivity contribution in [3.63, 3.8) is 0 Å². The zero-order valence-corrected chi connectivity index (χ0v) is 13.5. The van der Waals surface area contributed by atoms with Gasteiger partial charge in [-0.2, -0.15) is 0 Å². The van der Waals surface area contributed by atoms with Crippen LogP contribution in [0.1, 0.15) is 60.3 Å². The van der Waals surface area contributed by atoms with E-state index < -0.39 is 5.54 Å². The minimum atomic E-state index is -0.631. The SMILES string of the molecule is CCC1NC(=O)C(C)(C2CC2)N(CCC(C)(C)C)C1=O. The number of nitrogens with one attached hydrogen (secondary N) is 1. The van der Waals surface area contributed by atoms with Gasteiger partial charge in [0.25, 0.3) is 0 Å². The van der Waals surface area contributed by atoms with Gasteiger partial charge in [-0.15, -0.1) is 0 Å². The third-order valence-corrected chi connectivity index (χ3v) is 4.76. The highest BCUT2D eigenvalue weighted by Crippen LogP contribution is 2.45. The topological polar surface area (TPSA) is 49.4 Å². The van der Waals surface area contributed by atoms with Gasteiger partial charge in [0.15, 0.2) is 0 Å². The summed E-state index contributed by atoms with van der Waals surface area (Å²) in [5, 5.41) is 2.92. The minimum absolute atomic E-state index is 0.0420. The van der Waals surface area contributed by atoms with Gasteiger partial charge in [-0.3, -0.25) is 9.59 Å². The van der Waals surface area contributed by atoms with Crippen molar-refractivity contribution in [1.82, 2.24) is 10.2 Å². The van der Waals surface area contributed by atoms with Crippen molar-refractivity contribution in [2.75, 3.05) is 6.54 Å². The van der Waals surface area contributed by atoms with Crippen LogP contribution in [-0.4, -0.2) is 34.8 Å². The van der Waals surface area contributed by atoms with E-state index in [0.717, 1.165) is 19.3 Å². The summed E-state index contributed by atoms with van der Waals surface area (Å²) in [6.07, 6.45) is 3.70. The lowest BCUT2D eigenvalue weighted by atomic mass is 9.85. The number of piperazine rings is 1. The molecule has 1 N–H and O–H groups in total. The van der Waals surface area contributed by atoms with Crippen molar-refractivity contribution in [3.05, 3.63) is 0 Å². The summed E-state index contributed by atoms with van der Waals surface area (Å²) in [5.41, 5.74) is -0.464. The van der Waals surface area contributed by atoms with Crippen molar-refractivity contribution in [3.8, 4) is 0 Å². The van der Waals surface area contributed by atoms with Crippen LogP contribution in [0.25, 0.3) is 0 Å². The Morgan fingerprint density at radius 3 is 2.35 bits per heavy atom. The van der Waals surface area contributed by atoms with E-state index in [1.807, 2.05) is 18.7 Å². The standard InChI is InChI=1S/C16H28N2O2/c1-6-12-13(19)18(10-9-15(2,3)4)16(5,11-7-8-11)14(20)17-12/h11-12H,6-10H2,1-5H3,(H,17,20). The van der Waals surface area contributed by atoms with Crippen LogP contribution < -0.4 is 5.32 Å². The molecular weight excluding hydrogens is 252 g/mol. The summed E-state index contributed by atoms with van der Waals surface area (Å²) in [7, 11) is 0. The Morgan fingerprint density at radius 2 is 1.90 bits per heavy atom. The maximum atomic E-state index is 12.7. The second kappa shape index (κ2) is 5.05. The molecule has 2 atom stereocenters. The highest BCUT2D eigenvalue weighted by molar-refractivity contribution is 6.00. The number of carbonyl (C=O) groups is 2. The zero-order chi connectivity index (χ0) is 15.1. The van der Waals surface area contributed by atoms with Crippen molar-refractivity contribution < 1.29 is 9.59 Å². The molecular formula is C16H28N2O2. The summed E-state index contributed by atoms with van der Waals surface area (Å²) in [5.74, 6) is 0.482. The molecule has 0 aromatic heterocycles. The molecule has 20 heavy (non-hydrogen) atoms. The van der Waals surface area contributed by atoms with E-state index in [1.54, 1.807) is 0 Å². The molecule has 1 aliphatic heterocycles. The van der Waals surface area contributed by atoms with E-state index in [4.69, 9.17) is 0 Å². The van der Waals surface area contributed by atoms with Crippen LogP contribution in [0.3, 0.4) is 0 Å². The van der Waals surface area contributed by atoms with E-state index in [9.17, 15) is 9.59 Å². The summed E-state index contributed by atoms with van der Waals surface area (Å²) >= 11 is 0. The maximum absolute atomic E-state index is 12.7. The van der Waals surface area contributed by atoms with Crippen LogP contribution in [0.15, 0.2) is 0 Å².